The Morgan fingerprint density at radius 3 is 2.47 bits per heavy atom. The molecule has 5 aliphatic heterocycles. The molecule has 10 rings (SSSR count). The number of carbonyl (C=O) groups excluding carboxylic acids is 3. The molecule has 1 unspecified atom stereocenters. The molecule has 12 heteroatoms. The van der Waals surface area contributed by atoms with E-state index in [1.807, 2.05) is 37.1 Å². The van der Waals surface area contributed by atoms with Gasteiger partial charge in [0, 0.05) is 90.9 Å². The molecule has 3 aromatic carbocycles. The van der Waals surface area contributed by atoms with Crippen molar-refractivity contribution in [3.63, 3.8) is 0 Å². The van der Waals surface area contributed by atoms with Gasteiger partial charge in [-0.15, -0.1) is 0 Å². The molecule has 1 aromatic heterocycles. The number of fused-ring (bicyclic) bond motifs is 8. The van der Waals surface area contributed by atoms with Gasteiger partial charge in [-0.25, -0.2) is 4.79 Å². The zero-order valence-electron chi connectivity index (χ0n) is 35.2. The van der Waals surface area contributed by atoms with Gasteiger partial charge in [0.25, 0.3) is 0 Å². The number of aromatic nitrogens is 1. The van der Waals surface area contributed by atoms with Crippen molar-refractivity contribution in [3.05, 3.63) is 106 Å². The lowest BCUT2D eigenvalue weighted by atomic mass is 9.47. The second-order valence-corrected chi connectivity index (χ2v) is 18.0. The first-order chi connectivity index (χ1) is 28.9. The first kappa shape index (κ1) is 39.0. The van der Waals surface area contributed by atoms with Gasteiger partial charge in [-0.3, -0.25) is 19.4 Å². The van der Waals surface area contributed by atoms with Crippen LogP contribution in [0.2, 0.25) is 0 Å². The minimum atomic E-state index is -2.29. The van der Waals surface area contributed by atoms with Crippen LogP contribution in [0.3, 0.4) is 0 Å². The van der Waals surface area contributed by atoms with Crippen molar-refractivity contribution in [1.82, 2.24) is 14.8 Å². The SMILES string of the molecule is CC[C@]12C=CCN3CC[C@@]4(c5cc([C@@]6(C(=O)OC)C[C@@H]7CN(CCc8c6[nH]c6ccccc86)Cc6ccccc67)c(OC)cc5N(C)[C@H]4[C@@](O)(C(=O)OC)[C@@H]1OC(C)=O)[C@@H]32. The quantitative estimate of drug-likeness (QED) is 0.153. The number of carbonyl (C=O) groups is 3. The van der Waals surface area contributed by atoms with Gasteiger partial charge < -0.3 is 33.9 Å². The van der Waals surface area contributed by atoms with E-state index in [0.29, 0.717) is 50.1 Å². The zero-order chi connectivity index (χ0) is 41.9. The molecule has 314 valence electrons. The van der Waals surface area contributed by atoms with Crippen LogP contribution in [0.15, 0.2) is 72.8 Å². The van der Waals surface area contributed by atoms with Gasteiger partial charge >= 0.3 is 17.9 Å². The largest absolute Gasteiger partial charge is 0.496 e. The molecular weight excluding hydrogens is 761 g/mol. The molecule has 1 saturated carbocycles. The molecule has 1 spiro atoms. The van der Waals surface area contributed by atoms with Crippen LogP contribution in [0.25, 0.3) is 10.9 Å². The third-order valence-electron chi connectivity index (χ3n) is 15.6. The van der Waals surface area contributed by atoms with E-state index in [4.69, 9.17) is 18.9 Å². The highest BCUT2D eigenvalue weighted by Gasteiger charge is 2.80. The fourth-order valence-electron chi connectivity index (χ4n) is 13.5. The molecule has 4 aromatic rings. The Morgan fingerprint density at radius 2 is 1.72 bits per heavy atom. The zero-order valence-corrected chi connectivity index (χ0v) is 35.2. The summed E-state index contributed by atoms with van der Waals surface area (Å²) in [5.41, 5.74) is 2.08. The van der Waals surface area contributed by atoms with Crippen molar-refractivity contribution in [3.8, 4) is 5.75 Å². The number of rotatable bonds is 6. The van der Waals surface area contributed by atoms with E-state index < -0.39 is 51.9 Å². The maximum Gasteiger partial charge on any atom is 0.344 e. The van der Waals surface area contributed by atoms with E-state index in [-0.39, 0.29) is 12.0 Å². The molecule has 6 aliphatic rings. The van der Waals surface area contributed by atoms with Crippen LogP contribution in [0.4, 0.5) is 5.69 Å². The Kier molecular flexibility index (Phi) is 8.89. The summed E-state index contributed by atoms with van der Waals surface area (Å²) in [7, 11) is 6.25. The fraction of sp³-hybridized carbons (Fsp3) is 0.479. The number of methoxy groups -OCH3 is 3. The van der Waals surface area contributed by atoms with Crippen LogP contribution in [-0.2, 0) is 52.4 Å². The smallest absolute Gasteiger partial charge is 0.344 e. The summed E-state index contributed by atoms with van der Waals surface area (Å²) in [5, 5.41) is 14.4. The number of nitrogens with one attached hydrogen (secondary N) is 1. The van der Waals surface area contributed by atoms with Crippen LogP contribution in [0, 0.1) is 5.41 Å². The molecule has 2 bridgehead atoms. The number of ether oxygens (including phenoxy) is 4. The Balaban J connectivity index is 1.30. The first-order valence-corrected chi connectivity index (χ1v) is 21.3. The van der Waals surface area contributed by atoms with E-state index in [2.05, 4.69) is 69.4 Å². The van der Waals surface area contributed by atoms with Gasteiger partial charge in [-0.2, -0.15) is 0 Å². The Bertz CT molecular complexity index is 2480. The second-order valence-electron chi connectivity index (χ2n) is 18.0. The Labute approximate surface area is 350 Å². The molecule has 0 radical (unpaired) electrons. The van der Waals surface area contributed by atoms with Crippen molar-refractivity contribution in [2.24, 2.45) is 5.41 Å². The topological polar surface area (TPSA) is 134 Å². The maximum atomic E-state index is 15.5. The molecule has 2 N–H and O–H groups in total. The third-order valence-corrected chi connectivity index (χ3v) is 15.6. The number of H-pyrrole nitrogens is 1. The molecule has 9 atom stereocenters. The molecular formula is C48H54N4O8. The van der Waals surface area contributed by atoms with Crippen LogP contribution in [0.1, 0.15) is 72.5 Å². The van der Waals surface area contributed by atoms with Gasteiger partial charge in [0.2, 0.25) is 5.60 Å². The first-order valence-electron chi connectivity index (χ1n) is 21.3. The molecule has 60 heavy (non-hydrogen) atoms. The predicted molar refractivity (Wildman–Crippen MR) is 225 cm³/mol. The lowest BCUT2D eigenvalue weighted by Crippen LogP contribution is -2.81. The summed E-state index contributed by atoms with van der Waals surface area (Å²) >= 11 is 0. The second kappa shape index (κ2) is 13.7. The number of aliphatic hydroxyl groups is 1. The van der Waals surface area contributed by atoms with Crippen molar-refractivity contribution in [2.75, 3.05) is 59.5 Å². The standard InChI is InChI=1S/C48H54N4O8/c1-7-45-18-12-20-52-22-19-46(40(45)52)34-23-35(38(57-4)24-37(34)50(3)41(46)48(56,44(55)59-6)42(45)60-28(2)53)47(43(54)58-5)25-30-27-51(26-29-13-8-9-14-31(29)30)21-17-33-32-15-10-11-16-36(32)49-39(33)47/h8-16,18,23-24,30,40-42,49,56H,7,17,19-22,25-27H2,1-6H3/t30-,40+,41-,42-,45-,46-,47+,48+/m1/s1. The van der Waals surface area contributed by atoms with E-state index >= 15 is 4.79 Å². The number of likely N-dealkylation sites (N-methyl/N-ethyl adjacent to an activating group) is 1. The highest BCUT2D eigenvalue weighted by atomic mass is 16.6. The number of anilines is 1. The average molecular weight is 815 g/mol. The number of hydrogen-bond acceptors (Lipinski definition) is 11. The van der Waals surface area contributed by atoms with Crippen molar-refractivity contribution >= 4 is 34.5 Å². The van der Waals surface area contributed by atoms with Crippen molar-refractivity contribution < 1.29 is 38.4 Å². The van der Waals surface area contributed by atoms with Gasteiger partial charge in [-0.1, -0.05) is 61.5 Å². The van der Waals surface area contributed by atoms with Crippen molar-refractivity contribution in [1.29, 1.82) is 0 Å². The van der Waals surface area contributed by atoms with Gasteiger partial charge in [-0.05, 0) is 72.5 Å². The maximum absolute atomic E-state index is 15.5. The third kappa shape index (κ3) is 4.86. The lowest BCUT2D eigenvalue weighted by Gasteiger charge is -2.63. The summed E-state index contributed by atoms with van der Waals surface area (Å²) < 4.78 is 24.1. The van der Waals surface area contributed by atoms with Crippen LogP contribution in [-0.4, -0.2) is 116 Å². The monoisotopic (exact) mass is 814 g/mol. The minimum Gasteiger partial charge on any atom is -0.496 e. The minimum absolute atomic E-state index is 0.0419. The number of nitrogens with zero attached hydrogens (tertiary/aromatic N) is 3. The van der Waals surface area contributed by atoms with Gasteiger partial charge in [0.05, 0.1) is 27.4 Å². The normalized spacial score (nSPS) is 33.6. The molecule has 1 saturated heterocycles. The Hall–Kier alpha value is -5.17. The van der Waals surface area contributed by atoms with E-state index in [1.54, 1.807) is 7.11 Å². The summed E-state index contributed by atoms with van der Waals surface area (Å²) in [6.45, 7) is 7.09. The molecule has 12 nitrogen and oxygen atoms in total. The van der Waals surface area contributed by atoms with E-state index in [1.165, 1.54) is 32.3 Å². The van der Waals surface area contributed by atoms with Gasteiger partial charge in [0.1, 0.15) is 11.2 Å². The number of para-hydroxylation sites is 1. The highest BCUT2D eigenvalue weighted by molar-refractivity contribution is 5.95. The molecule has 0 amide bonds. The predicted octanol–water partition coefficient (Wildman–Crippen LogP) is 5.13. The van der Waals surface area contributed by atoms with E-state index in [9.17, 15) is 14.7 Å². The number of esters is 3. The highest BCUT2D eigenvalue weighted by Crippen LogP contribution is 2.68. The lowest BCUT2D eigenvalue weighted by molar-refractivity contribution is -0.228. The number of hydrogen-bond donors (Lipinski definition) is 2. The van der Waals surface area contributed by atoms with Crippen LogP contribution < -0.4 is 9.64 Å². The summed E-state index contributed by atoms with van der Waals surface area (Å²) in [6, 6.07) is 19.7. The fourth-order valence-corrected chi connectivity index (χ4v) is 13.5. The van der Waals surface area contributed by atoms with Crippen LogP contribution >= 0.6 is 0 Å². The summed E-state index contributed by atoms with van der Waals surface area (Å²) in [5.74, 6) is -1.40. The summed E-state index contributed by atoms with van der Waals surface area (Å²) in [4.78, 5) is 53.6. The summed E-state index contributed by atoms with van der Waals surface area (Å²) in [6.07, 6.45) is 5.05. The van der Waals surface area contributed by atoms with E-state index in [0.717, 1.165) is 53.0 Å². The number of aromatic amines is 1. The molecule has 1 aliphatic carbocycles. The van der Waals surface area contributed by atoms with Crippen molar-refractivity contribution in [2.45, 2.75) is 86.6 Å². The molecule has 6 heterocycles. The van der Waals surface area contributed by atoms with Crippen LogP contribution in [0.5, 0.6) is 5.75 Å². The molecule has 2 fully saturated rings. The average Bonchev–Trinajstić information content (AvgIpc) is 3.92. The van der Waals surface area contributed by atoms with Gasteiger partial charge in [0.15, 0.2) is 6.10 Å². The number of benzene rings is 3. The Morgan fingerprint density at radius 1 is 0.950 bits per heavy atom.